The molecular formula is C13H14BrN3. The maximum absolute atomic E-state index is 6.03. The molecule has 1 heterocycles. The van der Waals surface area contributed by atoms with E-state index < -0.39 is 0 Å². The van der Waals surface area contributed by atoms with Crippen molar-refractivity contribution in [2.45, 2.75) is 25.2 Å². The third-order valence-corrected chi connectivity index (χ3v) is 3.83. The normalized spacial score (nSPS) is 15.8. The molecule has 2 N–H and O–H groups in total. The van der Waals surface area contributed by atoms with Crippen molar-refractivity contribution in [3.05, 3.63) is 40.5 Å². The molecule has 1 aliphatic carbocycles. The standard InChI is InChI=1S/C13H14BrN3/c14-10-5-2-6-11(7-10)17-13(15)8-12(16-17)9-3-1-4-9/h2,5-9H,1,3-4,15H2. The number of nitrogens with zero attached hydrogens (tertiary/aromatic N) is 2. The molecule has 17 heavy (non-hydrogen) atoms. The average Bonchev–Trinajstić information content (AvgIpc) is 2.57. The SMILES string of the molecule is Nc1cc(C2CCC2)nn1-c1cccc(Br)c1. The summed E-state index contributed by atoms with van der Waals surface area (Å²) in [6, 6.07) is 10.0. The lowest BCUT2D eigenvalue weighted by Crippen LogP contribution is -2.10. The number of nitrogen functional groups attached to an aromatic ring is 1. The largest absolute Gasteiger partial charge is 0.384 e. The van der Waals surface area contributed by atoms with Crippen LogP contribution >= 0.6 is 15.9 Å². The van der Waals surface area contributed by atoms with E-state index >= 15 is 0 Å². The van der Waals surface area contributed by atoms with Crippen molar-refractivity contribution in [1.82, 2.24) is 9.78 Å². The molecule has 0 unspecified atom stereocenters. The smallest absolute Gasteiger partial charge is 0.127 e. The van der Waals surface area contributed by atoms with Crippen LogP contribution in [0, 0.1) is 0 Å². The topological polar surface area (TPSA) is 43.8 Å². The third kappa shape index (κ3) is 1.97. The van der Waals surface area contributed by atoms with Gasteiger partial charge in [-0.1, -0.05) is 28.4 Å². The van der Waals surface area contributed by atoms with Crippen LogP contribution in [0.4, 0.5) is 5.82 Å². The van der Waals surface area contributed by atoms with Gasteiger partial charge in [-0.25, -0.2) is 4.68 Å². The minimum absolute atomic E-state index is 0.616. The van der Waals surface area contributed by atoms with Crippen molar-refractivity contribution >= 4 is 21.7 Å². The lowest BCUT2D eigenvalue weighted by Gasteiger charge is -2.22. The minimum Gasteiger partial charge on any atom is -0.384 e. The molecule has 0 bridgehead atoms. The summed E-state index contributed by atoms with van der Waals surface area (Å²) in [6.07, 6.45) is 3.80. The molecule has 0 saturated heterocycles. The number of nitrogens with two attached hydrogens (primary N) is 1. The number of halogens is 1. The third-order valence-electron chi connectivity index (χ3n) is 3.33. The summed E-state index contributed by atoms with van der Waals surface area (Å²) < 4.78 is 2.85. The number of anilines is 1. The predicted molar refractivity (Wildman–Crippen MR) is 72.3 cm³/mol. The van der Waals surface area contributed by atoms with E-state index in [1.807, 2.05) is 35.0 Å². The van der Waals surface area contributed by atoms with Gasteiger partial charge in [0.05, 0.1) is 11.4 Å². The highest BCUT2D eigenvalue weighted by atomic mass is 79.9. The van der Waals surface area contributed by atoms with Crippen LogP contribution in [0.5, 0.6) is 0 Å². The molecule has 0 radical (unpaired) electrons. The second-order valence-corrected chi connectivity index (χ2v) is 5.43. The molecule has 1 aromatic carbocycles. The molecule has 3 nitrogen and oxygen atoms in total. The number of hydrogen-bond acceptors (Lipinski definition) is 2. The zero-order valence-corrected chi connectivity index (χ0v) is 11.0. The molecule has 0 atom stereocenters. The predicted octanol–water partition coefficient (Wildman–Crippen LogP) is 3.48. The molecule has 1 fully saturated rings. The van der Waals surface area contributed by atoms with Crippen LogP contribution in [0.1, 0.15) is 30.9 Å². The van der Waals surface area contributed by atoms with Crippen molar-refractivity contribution < 1.29 is 0 Å². The summed E-state index contributed by atoms with van der Waals surface area (Å²) in [5.74, 6) is 1.33. The number of benzene rings is 1. The van der Waals surface area contributed by atoms with Crippen molar-refractivity contribution in [2.24, 2.45) is 0 Å². The van der Waals surface area contributed by atoms with Crippen LogP contribution in [0.15, 0.2) is 34.8 Å². The highest BCUT2D eigenvalue weighted by molar-refractivity contribution is 9.10. The highest BCUT2D eigenvalue weighted by Gasteiger charge is 2.23. The Morgan fingerprint density at radius 3 is 2.76 bits per heavy atom. The highest BCUT2D eigenvalue weighted by Crippen LogP contribution is 2.36. The zero-order chi connectivity index (χ0) is 11.8. The molecule has 3 rings (SSSR count). The van der Waals surface area contributed by atoms with Crippen LogP contribution in [0.25, 0.3) is 5.69 Å². The molecule has 4 heteroatoms. The van der Waals surface area contributed by atoms with Crippen molar-refractivity contribution in [3.8, 4) is 5.69 Å². The molecule has 88 valence electrons. The molecular weight excluding hydrogens is 278 g/mol. The maximum Gasteiger partial charge on any atom is 0.127 e. The molecule has 1 aromatic heterocycles. The van der Waals surface area contributed by atoms with Gasteiger partial charge in [0.15, 0.2) is 0 Å². The van der Waals surface area contributed by atoms with E-state index in [0.717, 1.165) is 15.9 Å². The summed E-state index contributed by atoms with van der Waals surface area (Å²) in [7, 11) is 0. The fraction of sp³-hybridized carbons (Fsp3) is 0.308. The number of hydrogen-bond donors (Lipinski definition) is 1. The van der Waals surface area contributed by atoms with Crippen molar-refractivity contribution in [1.29, 1.82) is 0 Å². The quantitative estimate of drug-likeness (QED) is 0.920. The molecule has 0 spiro atoms. The van der Waals surface area contributed by atoms with Gasteiger partial charge in [0, 0.05) is 16.5 Å². The summed E-state index contributed by atoms with van der Waals surface area (Å²) in [5.41, 5.74) is 8.16. The van der Waals surface area contributed by atoms with Gasteiger partial charge >= 0.3 is 0 Å². The molecule has 1 saturated carbocycles. The van der Waals surface area contributed by atoms with E-state index in [-0.39, 0.29) is 0 Å². The van der Waals surface area contributed by atoms with Gasteiger partial charge in [-0.2, -0.15) is 5.10 Å². The summed E-state index contributed by atoms with van der Waals surface area (Å²) in [4.78, 5) is 0. The van der Waals surface area contributed by atoms with Crippen LogP contribution < -0.4 is 5.73 Å². The fourth-order valence-electron chi connectivity index (χ4n) is 2.13. The second kappa shape index (κ2) is 4.18. The molecule has 0 amide bonds. The fourth-order valence-corrected chi connectivity index (χ4v) is 2.52. The van der Waals surface area contributed by atoms with Gasteiger partial charge in [-0.05, 0) is 31.0 Å². The van der Waals surface area contributed by atoms with Gasteiger partial charge in [0.25, 0.3) is 0 Å². The van der Waals surface area contributed by atoms with Crippen LogP contribution in [0.3, 0.4) is 0 Å². The van der Waals surface area contributed by atoms with E-state index in [9.17, 15) is 0 Å². The maximum atomic E-state index is 6.03. The second-order valence-electron chi connectivity index (χ2n) is 4.51. The first-order valence-corrected chi connectivity index (χ1v) is 6.65. The van der Waals surface area contributed by atoms with Crippen LogP contribution in [0.2, 0.25) is 0 Å². The Kier molecular flexibility index (Phi) is 2.67. The van der Waals surface area contributed by atoms with Crippen LogP contribution in [-0.4, -0.2) is 9.78 Å². The number of rotatable bonds is 2. The Morgan fingerprint density at radius 1 is 1.29 bits per heavy atom. The molecule has 1 aliphatic rings. The minimum atomic E-state index is 0.616. The van der Waals surface area contributed by atoms with Gasteiger partial charge in [0.2, 0.25) is 0 Å². The average molecular weight is 292 g/mol. The Bertz CT molecular complexity index is 543. The van der Waals surface area contributed by atoms with E-state index in [0.29, 0.717) is 11.7 Å². The van der Waals surface area contributed by atoms with E-state index in [2.05, 4.69) is 21.0 Å². The Labute approximate surface area is 109 Å². The monoisotopic (exact) mass is 291 g/mol. The zero-order valence-electron chi connectivity index (χ0n) is 9.44. The van der Waals surface area contributed by atoms with Crippen LogP contribution in [-0.2, 0) is 0 Å². The Hall–Kier alpha value is -1.29. The first kappa shape index (κ1) is 10.8. The number of aromatic nitrogens is 2. The summed E-state index contributed by atoms with van der Waals surface area (Å²) in [6.45, 7) is 0. The molecule has 0 aliphatic heterocycles. The Morgan fingerprint density at radius 2 is 2.12 bits per heavy atom. The van der Waals surface area contributed by atoms with Gasteiger partial charge in [-0.3, -0.25) is 0 Å². The lowest BCUT2D eigenvalue weighted by molar-refractivity contribution is 0.409. The Balaban J connectivity index is 1.99. The van der Waals surface area contributed by atoms with Gasteiger partial charge in [0.1, 0.15) is 5.82 Å². The first-order chi connectivity index (χ1) is 8.24. The van der Waals surface area contributed by atoms with E-state index in [4.69, 9.17) is 5.73 Å². The van der Waals surface area contributed by atoms with Gasteiger partial charge < -0.3 is 5.73 Å². The van der Waals surface area contributed by atoms with Crippen molar-refractivity contribution in [3.63, 3.8) is 0 Å². The van der Waals surface area contributed by atoms with Crippen molar-refractivity contribution in [2.75, 3.05) is 5.73 Å². The molecule has 2 aromatic rings. The first-order valence-electron chi connectivity index (χ1n) is 5.85. The summed E-state index contributed by atoms with van der Waals surface area (Å²) >= 11 is 3.46. The summed E-state index contributed by atoms with van der Waals surface area (Å²) in [5, 5.41) is 4.61. The lowest BCUT2D eigenvalue weighted by atomic mass is 9.83. The van der Waals surface area contributed by atoms with Gasteiger partial charge in [-0.15, -0.1) is 0 Å². The van der Waals surface area contributed by atoms with E-state index in [1.54, 1.807) is 0 Å². The van der Waals surface area contributed by atoms with E-state index in [1.165, 1.54) is 19.3 Å².